The predicted octanol–water partition coefficient (Wildman–Crippen LogP) is 2.92. The summed E-state index contributed by atoms with van der Waals surface area (Å²) in [5.41, 5.74) is 2.85. The number of thiophene rings is 1. The smallest absolute Gasteiger partial charge is 0.271 e. The zero-order chi connectivity index (χ0) is 17.3. The van der Waals surface area contributed by atoms with Crippen molar-refractivity contribution in [3.63, 3.8) is 0 Å². The van der Waals surface area contributed by atoms with E-state index in [2.05, 4.69) is 14.9 Å². The standard InChI is InChI=1S/C16H15N3O3S2/c1-10-3-4-12(9-11(10)2)19-24(21,22)16-8-6-14(23-16)13-5-7-15(20)18-17-13/h3-9,19H,1-2H3,(H,18,20). The van der Waals surface area contributed by atoms with Gasteiger partial charge in [0.05, 0.1) is 4.88 Å². The average Bonchev–Trinajstić information content (AvgIpc) is 3.02. The molecule has 8 heteroatoms. The van der Waals surface area contributed by atoms with Crippen molar-refractivity contribution < 1.29 is 8.42 Å². The maximum atomic E-state index is 12.5. The molecule has 2 aromatic heterocycles. The summed E-state index contributed by atoms with van der Waals surface area (Å²) >= 11 is 1.09. The lowest BCUT2D eigenvalue weighted by Crippen LogP contribution is -2.11. The number of aryl methyl sites for hydroxylation is 2. The summed E-state index contributed by atoms with van der Waals surface area (Å²) in [6, 6.07) is 11.5. The van der Waals surface area contributed by atoms with Crippen LogP contribution in [0.5, 0.6) is 0 Å². The molecule has 0 radical (unpaired) electrons. The highest BCUT2D eigenvalue weighted by Gasteiger charge is 2.18. The second kappa shape index (κ2) is 6.21. The van der Waals surface area contributed by atoms with Crippen LogP contribution in [0.2, 0.25) is 0 Å². The van der Waals surface area contributed by atoms with Crippen LogP contribution in [-0.2, 0) is 10.0 Å². The van der Waals surface area contributed by atoms with Crippen LogP contribution in [0.1, 0.15) is 11.1 Å². The molecule has 2 N–H and O–H groups in total. The molecule has 124 valence electrons. The maximum absolute atomic E-state index is 12.5. The van der Waals surface area contributed by atoms with E-state index in [9.17, 15) is 13.2 Å². The molecule has 0 aliphatic carbocycles. The van der Waals surface area contributed by atoms with Gasteiger partial charge in [0.15, 0.2) is 0 Å². The zero-order valence-electron chi connectivity index (χ0n) is 13.0. The number of aromatic amines is 1. The highest BCUT2D eigenvalue weighted by molar-refractivity contribution is 7.94. The minimum Gasteiger partial charge on any atom is -0.279 e. The Kier molecular flexibility index (Phi) is 4.25. The summed E-state index contributed by atoms with van der Waals surface area (Å²) in [7, 11) is -3.67. The van der Waals surface area contributed by atoms with Gasteiger partial charge in [0.25, 0.3) is 15.6 Å². The first-order valence-electron chi connectivity index (χ1n) is 7.11. The highest BCUT2D eigenvalue weighted by atomic mass is 32.2. The third-order valence-electron chi connectivity index (χ3n) is 3.54. The van der Waals surface area contributed by atoms with E-state index >= 15 is 0 Å². The third kappa shape index (κ3) is 3.39. The van der Waals surface area contributed by atoms with Crippen molar-refractivity contribution >= 4 is 27.0 Å². The van der Waals surface area contributed by atoms with Crippen LogP contribution in [0, 0.1) is 13.8 Å². The highest BCUT2D eigenvalue weighted by Crippen LogP contribution is 2.30. The molecule has 1 aromatic carbocycles. The number of anilines is 1. The largest absolute Gasteiger partial charge is 0.279 e. The van der Waals surface area contributed by atoms with Gasteiger partial charge in [0.1, 0.15) is 9.90 Å². The lowest BCUT2D eigenvalue weighted by atomic mass is 10.1. The normalized spacial score (nSPS) is 11.4. The number of sulfonamides is 1. The minimum atomic E-state index is -3.67. The molecule has 6 nitrogen and oxygen atoms in total. The summed E-state index contributed by atoms with van der Waals surface area (Å²) < 4.78 is 27.8. The first-order valence-corrected chi connectivity index (χ1v) is 9.41. The lowest BCUT2D eigenvalue weighted by Gasteiger charge is -2.08. The molecule has 3 aromatic rings. The Hall–Kier alpha value is -2.45. The topological polar surface area (TPSA) is 91.9 Å². The zero-order valence-corrected chi connectivity index (χ0v) is 14.7. The number of hydrogen-bond acceptors (Lipinski definition) is 5. The van der Waals surface area contributed by atoms with E-state index in [0.717, 1.165) is 22.5 Å². The molecule has 2 heterocycles. The summed E-state index contributed by atoms with van der Waals surface area (Å²) in [4.78, 5) is 11.7. The number of nitrogens with zero attached hydrogens (tertiary/aromatic N) is 1. The molecule has 0 saturated heterocycles. The molecule has 3 rings (SSSR count). The van der Waals surface area contributed by atoms with Crippen molar-refractivity contribution in [1.29, 1.82) is 0 Å². The van der Waals surface area contributed by atoms with Gasteiger partial charge in [-0.15, -0.1) is 11.3 Å². The second-order valence-corrected chi connectivity index (χ2v) is 8.32. The Morgan fingerprint density at radius 1 is 1.04 bits per heavy atom. The fourth-order valence-corrected chi connectivity index (χ4v) is 4.42. The van der Waals surface area contributed by atoms with Crippen molar-refractivity contribution in [3.8, 4) is 10.6 Å². The molecule has 0 fully saturated rings. The molecular formula is C16H15N3O3S2. The van der Waals surface area contributed by atoms with Crippen LogP contribution >= 0.6 is 11.3 Å². The van der Waals surface area contributed by atoms with Gasteiger partial charge < -0.3 is 0 Å². The molecule has 0 bridgehead atoms. The van der Waals surface area contributed by atoms with Gasteiger partial charge in [-0.25, -0.2) is 13.5 Å². The van der Waals surface area contributed by atoms with E-state index in [-0.39, 0.29) is 9.77 Å². The Balaban J connectivity index is 1.89. The van der Waals surface area contributed by atoms with Crippen molar-refractivity contribution in [1.82, 2.24) is 10.2 Å². The molecule has 0 saturated carbocycles. The van der Waals surface area contributed by atoms with Crippen LogP contribution in [0.25, 0.3) is 10.6 Å². The molecule has 24 heavy (non-hydrogen) atoms. The number of hydrogen-bond donors (Lipinski definition) is 2. The molecule has 0 unspecified atom stereocenters. The van der Waals surface area contributed by atoms with Gasteiger partial charge in [0, 0.05) is 11.8 Å². The van der Waals surface area contributed by atoms with Crippen LogP contribution < -0.4 is 10.3 Å². The fraction of sp³-hybridized carbons (Fsp3) is 0.125. The Bertz CT molecular complexity index is 1030. The summed E-state index contributed by atoms with van der Waals surface area (Å²) in [6.45, 7) is 3.90. The predicted molar refractivity (Wildman–Crippen MR) is 94.9 cm³/mol. The van der Waals surface area contributed by atoms with Gasteiger partial charge in [-0.2, -0.15) is 5.10 Å². The fourth-order valence-electron chi connectivity index (χ4n) is 2.09. The van der Waals surface area contributed by atoms with E-state index < -0.39 is 10.0 Å². The monoisotopic (exact) mass is 361 g/mol. The quantitative estimate of drug-likeness (QED) is 0.747. The Morgan fingerprint density at radius 3 is 2.50 bits per heavy atom. The van der Waals surface area contributed by atoms with Crippen molar-refractivity contribution in [2.75, 3.05) is 4.72 Å². The van der Waals surface area contributed by atoms with Crippen molar-refractivity contribution in [2.45, 2.75) is 18.1 Å². The minimum absolute atomic E-state index is 0.184. The van der Waals surface area contributed by atoms with E-state index in [0.29, 0.717) is 16.3 Å². The van der Waals surface area contributed by atoms with E-state index in [1.165, 1.54) is 12.1 Å². The molecule has 0 aliphatic rings. The van der Waals surface area contributed by atoms with Gasteiger partial charge >= 0.3 is 0 Å². The summed E-state index contributed by atoms with van der Waals surface area (Å²) in [6.07, 6.45) is 0. The molecule has 0 atom stereocenters. The van der Waals surface area contributed by atoms with Crippen molar-refractivity contribution in [3.05, 3.63) is 63.9 Å². The second-order valence-electron chi connectivity index (χ2n) is 5.33. The SMILES string of the molecule is Cc1ccc(NS(=O)(=O)c2ccc(-c3ccc(=O)[nH]n3)s2)cc1C. The first-order chi connectivity index (χ1) is 11.3. The molecule has 0 aliphatic heterocycles. The Morgan fingerprint density at radius 2 is 1.83 bits per heavy atom. The summed E-state index contributed by atoms with van der Waals surface area (Å²) in [5, 5.41) is 6.24. The number of rotatable bonds is 4. The number of aromatic nitrogens is 2. The van der Waals surface area contributed by atoms with E-state index in [4.69, 9.17) is 0 Å². The number of benzene rings is 1. The Labute approximate surface area is 143 Å². The van der Waals surface area contributed by atoms with E-state index in [1.807, 2.05) is 19.9 Å². The lowest BCUT2D eigenvalue weighted by molar-refractivity contribution is 0.603. The first kappa shape index (κ1) is 16.4. The number of H-pyrrole nitrogens is 1. The van der Waals surface area contributed by atoms with Crippen LogP contribution in [0.4, 0.5) is 5.69 Å². The van der Waals surface area contributed by atoms with Crippen molar-refractivity contribution in [2.24, 2.45) is 0 Å². The van der Waals surface area contributed by atoms with Crippen LogP contribution in [-0.4, -0.2) is 18.6 Å². The molecular weight excluding hydrogens is 346 g/mol. The maximum Gasteiger partial charge on any atom is 0.271 e. The van der Waals surface area contributed by atoms with Crippen LogP contribution in [0.3, 0.4) is 0 Å². The molecule has 0 spiro atoms. The average molecular weight is 361 g/mol. The van der Waals surface area contributed by atoms with Gasteiger partial charge in [0.2, 0.25) is 0 Å². The van der Waals surface area contributed by atoms with Crippen LogP contribution in [0.15, 0.2) is 51.5 Å². The van der Waals surface area contributed by atoms with Gasteiger partial charge in [-0.3, -0.25) is 9.52 Å². The molecule has 0 amide bonds. The van der Waals surface area contributed by atoms with E-state index in [1.54, 1.807) is 24.3 Å². The van der Waals surface area contributed by atoms with Gasteiger partial charge in [-0.1, -0.05) is 6.07 Å². The summed E-state index contributed by atoms with van der Waals surface area (Å²) in [5.74, 6) is 0. The van der Waals surface area contributed by atoms with Gasteiger partial charge in [-0.05, 0) is 55.3 Å². The third-order valence-corrected chi connectivity index (χ3v) is 6.52. The number of nitrogens with one attached hydrogen (secondary N) is 2.